The van der Waals surface area contributed by atoms with E-state index in [1.165, 1.54) is 35.4 Å². The molecule has 0 atom stereocenters. The molecule has 0 aliphatic rings. The summed E-state index contributed by atoms with van der Waals surface area (Å²) in [5.74, 6) is -1.04. The van der Waals surface area contributed by atoms with Crippen LogP contribution in [-0.4, -0.2) is 21.0 Å². The van der Waals surface area contributed by atoms with Crippen molar-refractivity contribution in [3.8, 4) is 0 Å². The second-order valence-corrected chi connectivity index (χ2v) is 5.67. The molecular weight excluding hydrogens is 280 g/mol. The van der Waals surface area contributed by atoms with Gasteiger partial charge in [0.1, 0.15) is 5.03 Å². The van der Waals surface area contributed by atoms with Crippen LogP contribution in [-0.2, 0) is 0 Å². The van der Waals surface area contributed by atoms with Crippen LogP contribution in [0.5, 0.6) is 0 Å². The first-order chi connectivity index (χ1) is 8.06. The predicted molar refractivity (Wildman–Crippen MR) is 67.2 cm³/mol. The van der Waals surface area contributed by atoms with Gasteiger partial charge < -0.3 is 5.11 Å². The maximum absolute atomic E-state index is 10.7. The molecule has 0 fully saturated rings. The molecule has 88 valence electrons. The minimum Gasteiger partial charge on any atom is -0.478 e. The van der Waals surface area contributed by atoms with Gasteiger partial charge in [-0.05, 0) is 24.8 Å². The first kappa shape index (κ1) is 12.3. The molecule has 0 aliphatic carbocycles. The molecular formula is C10H7ClN2O2S2. The lowest BCUT2D eigenvalue weighted by Gasteiger charge is -2.01. The van der Waals surface area contributed by atoms with E-state index in [1.807, 2.05) is 12.3 Å². The van der Waals surface area contributed by atoms with Crippen molar-refractivity contribution in [2.24, 2.45) is 0 Å². The normalized spacial score (nSPS) is 10.5. The van der Waals surface area contributed by atoms with Gasteiger partial charge in [-0.1, -0.05) is 11.6 Å². The van der Waals surface area contributed by atoms with Crippen molar-refractivity contribution in [3.05, 3.63) is 33.9 Å². The first-order valence-electron chi connectivity index (χ1n) is 4.55. The van der Waals surface area contributed by atoms with E-state index in [1.54, 1.807) is 0 Å². The van der Waals surface area contributed by atoms with E-state index in [9.17, 15) is 4.79 Å². The number of aromatic nitrogens is 2. The van der Waals surface area contributed by atoms with Crippen molar-refractivity contribution in [1.82, 2.24) is 9.97 Å². The number of carboxylic acids is 1. The van der Waals surface area contributed by atoms with Crippen molar-refractivity contribution < 1.29 is 9.90 Å². The minimum atomic E-state index is -1.04. The molecule has 0 radical (unpaired) electrons. The summed E-state index contributed by atoms with van der Waals surface area (Å²) in [6.45, 7) is 1.91. The van der Waals surface area contributed by atoms with Crippen LogP contribution in [0.4, 0.5) is 0 Å². The monoisotopic (exact) mass is 286 g/mol. The van der Waals surface area contributed by atoms with E-state index in [-0.39, 0.29) is 5.56 Å². The van der Waals surface area contributed by atoms with Crippen molar-refractivity contribution in [2.45, 2.75) is 16.3 Å². The Morgan fingerprint density at radius 2 is 2.35 bits per heavy atom. The Labute approximate surface area is 111 Å². The number of carbonyl (C=O) groups is 1. The third-order valence-corrected chi connectivity index (χ3v) is 4.31. The molecule has 4 nitrogen and oxygen atoms in total. The van der Waals surface area contributed by atoms with Gasteiger partial charge in [0.2, 0.25) is 0 Å². The van der Waals surface area contributed by atoms with Gasteiger partial charge in [0.15, 0.2) is 4.34 Å². The predicted octanol–water partition coefficient (Wildman–Crippen LogP) is 3.35. The van der Waals surface area contributed by atoms with Crippen LogP contribution < -0.4 is 0 Å². The summed E-state index contributed by atoms with van der Waals surface area (Å²) in [4.78, 5) is 19.0. The number of halogens is 1. The average Bonchev–Trinajstić information content (AvgIpc) is 2.67. The highest BCUT2D eigenvalue weighted by molar-refractivity contribution is 8.01. The molecule has 0 unspecified atom stereocenters. The fraction of sp³-hybridized carbons (Fsp3) is 0.100. The fourth-order valence-corrected chi connectivity index (χ4v) is 3.07. The molecule has 1 N–H and O–H groups in total. The zero-order valence-corrected chi connectivity index (χ0v) is 11.1. The lowest BCUT2D eigenvalue weighted by Crippen LogP contribution is -1.97. The Hall–Kier alpha value is -1.11. The number of rotatable bonds is 3. The van der Waals surface area contributed by atoms with Crippen molar-refractivity contribution in [1.29, 1.82) is 0 Å². The summed E-state index contributed by atoms with van der Waals surface area (Å²) in [7, 11) is 0. The number of aryl methyl sites for hydroxylation is 1. The summed E-state index contributed by atoms with van der Waals surface area (Å²) in [5, 5.41) is 11.6. The van der Waals surface area contributed by atoms with Crippen LogP contribution in [0.15, 0.2) is 27.0 Å². The third kappa shape index (κ3) is 2.96. The number of hydrogen-bond acceptors (Lipinski definition) is 5. The van der Waals surface area contributed by atoms with Crippen LogP contribution in [0, 0.1) is 6.92 Å². The zero-order chi connectivity index (χ0) is 12.4. The summed E-state index contributed by atoms with van der Waals surface area (Å²) in [5.41, 5.74) is 1.02. The van der Waals surface area contributed by atoms with E-state index in [2.05, 4.69) is 9.97 Å². The van der Waals surface area contributed by atoms with Crippen molar-refractivity contribution in [3.63, 3.8) is 0 Å². The quantitative estimate of drug-likeness (QED) is 0.937. The lowest BCUT2D eigenvalue weighted by molar-refractivity contribution is 0.0696. The van der Waals surface area contributed by atoms with Crippen LogP contribution in [0.2, 0.25) is 5.02 Å². The smallest absolute Gasteiger partial charge is 0.337 e. The molecule has 17 heavy (non-hydrogen) atoms. The van der Waals surface area contributed by atoms with Gasteiger partial charge in [-0.15, -0.1) is 11.3 Å². The Kier molecular flexibility index (Phi) is 3.66. The average molecular weight is 287 g/mol. The molecule has 0 saturated heterocycles. The van der Waals surface area contributed by atoms with Crippen LogP contribution in [0.3, 0.4) is 0 Å². The minimum absolute atomic E-state index is 0.0784. The highest BCUT2D eigenvalue weighted by Gasteiger charge is 2.11. The molecule has 0 spiro atoms. The molecule has 0 amide bonds. The second kappa shape index (κ2) is 5.03. The van der Waals surface area contributed by atoms with Gasteiger partial charge >= 0.3 is 5.97 Å². The van der Waals surface area contributed by atoms with Crippen LogP contribution in [0.1, 0.15) is 16.1 Å². The highest BCUT2D eigenvalue weighted by Crippen LogP contribution is 2.33. The molecule has 2 aromatic rings. The highest BCUT2D eigenvalue weighted by atomic mass is 35.5. The van der Waals surface area contributed by atoms with Gasteiger partial charge in [-0.2, -0.15) is 0 Å². The summed E-state index contributed by atoms with van der Waals surface area (Å²) in [6.07, 6.45) is 1.29. The number of hydrogen-bond donors (Lipinski definition) is 1. The summed E-state index contributed by atoms with van der Waals surface area (Å²) < 4.78 is 0.833. The fourth-order valence-electron chi connectivity index (χ4n) is 1.08. The summed E-state index contributed by atoms with van der Waals surface area (Å²) in [6, 6.07) is 1.39. The topological polar surface area (TPSA) is 63.1 Å². The van der Waals surface area contributed by atoms with Crippen LogP contribution >= 0.6 is 34.7 Å². The molecule has 2 rings (SSSR count). The van der Waals surface area contributed by atoms with Gasteiger partial charge in [0, 0.05) is 17.3 Å². The number of nitrogens with zero attached hydrogens (tertiary/aromatic N) is 2. The van der Waals surface area contributed by atoms with Crippen LogP contribution in [0.25, 0.3) is 0 Å². The van der Waals surface area contributed by atoms with Gasteiger partial charge in [0.05, 0.1) is 10.6 Å². The third-order valence-electron chi connectivity index (χ3n) is 1.84. The van der Waals surface area contributed by atoms with E-state index in [0.29, 0.717) is 10.0 Å². The largest absolute Gasteiger partial charge is 0.478 e. The molecule has 2 heterocycles. The number of carboxylic acid groups (broad SMARTS) is 1. The molecule has 0 aliphatic heterocycles. The molecule has 0 bridgehead atoms. The summed E-state index contributed by atoms with van der Waals surface area (Å²) >= 11 is 8.79. The zero-order valence-electron chi connectivity index (χ0n) is 8.68. The molecule has 0 saturated carbocycles. The maximum atomic E-state index is 10.7. The van der Waals surface area contributed by atoms with E-state index in [0.717, 1.165) is 10.0 Å². The molecule has 0 aromatic carbocycles. The van der Waals surface area contributed by atoms with Gasteiger partial charge in [-0.3, -0.25) is 0 Å². The molecule has 2 aromatic heterocycles. The second-order valence-electron chi connectivity index (χ2n) is 3.17. The Balaban J connectivity index is 2.25. The number of aromatic carboxylic acids is 1. The van der Waals surface area contributed by atoms with E-state index >= 15 is 0 Å². The maximum Gasteiger partial charge on any atom is 0.337 e. The number of thiazole rings is 1. The Bertz CT molecular complexity index is 571. The number of pyridine rings is 1. The molecule has 7 heteroatoms. The van der Waals surface area contributed by atoms with Gasteiger partial charge in [-0.25, -0.2) is 14.8 Å². The van der Waals surface area contributed by atoms with E-state index < -0.39 is 5.97 Å². The standard InChI is InChI=1S/C10H7ClN2O2S2/c1-5-4-16-10(13-5)17-8-7(11)2-6(3-12-8)9(14)15/h2-4H,1H3,(H,14,15). The Morgan fingerprint density at radius 3 is 2.88 bits per heavy atom. The van der Waals surface area contributed by atoms with Crippen molar-refractivity contribution >= 4 is 40.7 Å². The SMILES string of the molecule is Cc1csc(Sc2ncc(C(=O)O)cc2Cl)n1. The van der Waals surface area contributed by atoms with Crippen molar-refractivity contribution in [2.75, 3.05) is 0 Å². The van der Waals surface area contributed by atoms with Gasteiger partial charge in [0.25, 0.3) is 0 Å². The lowest BCUT2D eigenvalue weighted by atomic mass is 10.3. The van der Waals surface area contributed by atoms with E-state index in [4.69, 9.17) is 16.7 Å². The Morgan fingerprint density at radius 1 is 1.59 bits per heavy atom. The first-order valence-corrected chi connectivity index (χ1v) is 6.62.